The van der Waals surface area contributed by atoms with Gasteiger partial charge in [0, 0.05) is 34.6 Å². The molecule has 1 fully saturated rings. The van der Waals surface area contributed by atoms with E-state index in [9.17, 15) is 14.7 Å². The lowest BCUT2D eigenvalue weighted by molar-refractivity contribution is -0.115. The van der Waals surface area contributed by atoms with Crippen molar-refractivity contribution in [2.24, 2.45) is 5.73 Å². The molecule has 2 aromatic rings. The first-order valence-electron chi connectivity index (χ1n) is 10.4. The average molecular weight is 445 g/mol. The summed E-state index contributed by atoms with van der Waals surface area (Å²) in [7, 11) is 0. The van der Waals surface area contributed by atoms with Crippen LogP contribution in [-0.4, -0.2) is 39.9 Å². The van der Waals surface area contributed by atoms with E-state index in [1.54, 1.807) is 18.2 Å². The topological polar surface area (TPSA) is 109 Å². The van der Waals surface area contributed by atoms with Crippen LogP contribution in [0.2, 0.25) is 5.02 Å². The number of nitrogens with zero attached hydrogens (tertiary/aromatic N) is 2. The molecule has 1 aliphatic heterocycles. The van der Waals surface area contributed by atoms with Crippen LogP contribution >= 0.6 is 11.6 Å². The molecule has 2 heterocycles. The van der Waals surface area contributed by atoms with Crippen molar-refractivity contribution >= 4 is 29.1 Å². The Balaban J connectivity index is 1.79. The molecule has 166 valence electrons. The SMILES string of the molecule is CC(C)(C)c1c(NC(=O)Cc2cc(Cl)c(CN3CCCC3)cc2O)ccnc1C(N)=O. The Morgan fingerprint density at radius 2 is 1.90 bits per heavy atom. The molecule has 1 aromatic heterocycles. The fraction of sp³-hybridized carbons (Fsp3) is 0.435. The average Bonchev–Trinajstić information content (AvgIpc) is 3.17. The van der Waals surface area contributed by atoms with Crippen LogP contribution in [0.25, 0.3) is 0 Å². The third kappa shape index (κ3) is 5.54. The van der Waals surface area contributed by atoms with Gasteiger partial charge in [0.05, 0.1) is 6.42 Å². The van der Waals surface area contributed by atoms with Crippen molar-refractivity contribution < 1.29 is 14.7 Å². The molecule has 0 atom stereocenters. The first kappa shape index (κ1) is 23.0. The Morgan fingerprint density at radius 1 is 1.23 bits per heavy atom. The van der Waals surface area contributed by atoms with Crippen molar-refractivity contribution in [2.45, 2.75) is 52.0 Å². The molecule has 0 saturated carbocycles. The normalized spacial score (nSPS) is 14.6. The molecule has 0 bridgehead atoms. The van der Waals surface area contributed by atoms with E-state index in [0.717, 1.165) is 18.7 Å². The number of carbonyl (C=O) groups excluding carboxylic acids is 2. The van der Waals surface area contributed by atoms with E-state index in [1.165, 1.54) is 19.0 Å². The zero-order valence-electron chi connectivity index (χ0n) is 18.2. The van der Waals surface area contributed by atoms with Gasteiger partial charge in [0.25, 0.3) is 5.91 Å². The van der Waals surface area contributed by atoms with E-state index in [4.69, 9.17) is 17.3 Å². The minimum Gasteiger partial charge on any atom is -0.508 e. The van der Waals surface area contributed by atoms with E-state index in [-0.39, 0.29) is 23.8 Å². The van der Waals surface area contributed by atoms with Crippen molar-refractivity contribution in [3.05, 3.63) is 51.8 Å². The molecule has 0 spiro atoms. The zero-order chi connectivity index (χ0) is 22.8. The van der Waals surface area contributed by atoms with Gasteiger partial charge in [-0.05, 0) is 55.1 Å². The Kier molecular flexibility index (Phi) is 6.86. The van der Waals surface area contributed by atoms with Gasteiger partial charge in [-0.2, -0.15) is 0 Å². The number of phenols is 1. The number of nitrogens with two attached hydrogens (primary N) is 1. The van der Waals surface area contributed by atoms with Crippen molar-refractivity contribution in [1.29, 1.82) is 0 Å². The van der Waals surface area contributed by atoms with E-state index in [1.807, 2.05) is 20.8 Å². The summed E-state index contributed by atoms with van der Waals surface area (Å²) in [6, 6.07) is 4.92. The van der Waals surface area contributed by atoms with E-state index < -0.39 is 11.3 Å². The van der Waals surface area contributed by atoms with Gasteiger partial charge in [-0.1, -0.05) is 32.4 Å². The fourth-order valence-corrected chi connectivity index (χ4v) is 4.22. The van der Waals surface area contributed by atoms with Crippen LogP contribution in [0.1, 0.15) is 60.8 Å². The Bertz CT molecular complexity index is 995. The summed E-state index contributed by atoms with van der Waals surface area (Å²) in [6.07, 6.45) is 3.72. The Labute approximate surface area is 187 Å². The highest BCUT2D eigenvalue weighted by Crippen LogP contribution is 2.32. The van der Waals surface area contributed by atoms with Gasteiger partial charge in [-0.3, -0.25) is 19.5 Å². The quantitative estimate of drug-likeness (QED) is 0.630. The number of hydrogen-bond acceptors (Lipinski definition) is 5. The summed E-state index contributed by atoms with van der Waals surface area (Å²) in [6.45, 7) is 8.47. The van der Waals surface area contributed by atoms with E-state index >= 15 is 0 Å². The third-order valence-corrected chi connectivity index (χ3v) is 5.75. The standard InChI is InChI=1S/C23H29ClN4O3/c1-23(2,3)20-17(6-7-26-21(20)22(25)31)27-19(30)12-14-10-16(24)15(11-18(14)29)13-28-8-4-5-9-28/h6-7,10-11,29H,4-5,8-9,12-13H2,1-3H3,(H2,25,31)(H,26,27,30). The molecule has 1 aliphatic rings. The van der Waals surface area contributed by atoms with Crippen molar-refractivity contribution in [3.63, 3.8) is 0 Å². The molecule has 0 radical (unpaired) electrons. The molecule has 0 aliphatic carbocycles. The molecule has 0 unspecified atom stereocenters. The number of pyridine rings is 1. The summed E-state index contributed by atoms with van der Waals surface area (Å²) < 4.78 is 0. The van der Waals surface area contributed by atoms with Crippen molar-refractivity contribution in [3.8, 4) is 5.75 Å². The number of carbonyl (C=O) groups is 2. The molecule has 4 N–H and O–H groups in total. The first-order chi connectivity index (χ1) is 14.6. The molecular formula is C23H29ClN4O3. The maximum Gasteiger partial charge on any atom is 0.267 e. The minimum absolute atomic E-state index is 0.0392. The summed E-state index contributed by atoms with van der Waals surface area (Å²) >= 11 is 6.44. The van der Waals surface area contributed by atoms with Crippen molar-refractivity contribution in [2.75, 3.05) is 18.4 Å². The molecular weight excluding hydrogens is 416 g/mol. The lowest BCUT2D eigenvalue weighted by Crippen LogP contribution is -2.26. The number of halogens is 1. The zero-order valence-corrected chi connectivity index (χ0v) is 18.9. The number of anilines is 1. The summed E-state index contributed by atoms with van der Waals surface area (Å²) in [5.74, 6) is -0.956. The van der Waals surface area contributed by atoms with Crippen LogP contribution in [0.5, 0.6) is 5.75 Å². The monoisotopic (exact) mass is 444 g/mol. The van der Waals surface area contributed by atoms with Crippen LogP contribution in [0.4, 0.5) is 5.69 Å². The lowest BCUT2D eigenvalue weighted by Gasteiger charge is -2.24. The number of amides is 2. The maximum atomic E-state index is 12.8. The predicted octanol–water partition coefficient (Wildman–Crippen LogP) is 3.61. The van der Waals surface area contributed by atoms with Crippen LogP contribution in [0, 0.1) is 0 Å². The molecule has 3 rings (SSSR count). The fourth-order valence-electron chi connectivity index (χ4n) is 3.97. The highest BCUT2D eigenvalue weighted by molar-refractivity contribution is 6.31. The Hall–Kier alpha value is -2.64. The second kappa shape index (κ2) is 9.24. The summed E-state index contributed by atoms with van der Waals surface area (Å²) in [5.41, 5.74) is 7.46. The first-order valence-corrected chi connectivity index (χ1v) is 10.8. The Morgan fingerprint density at radius 3 is 2.52 bits per heavy atom. The molecule has 8 heteroatoms. The highest BCUT2D eigenvalue weighted by Gasteiger charge is 2.26. The number of rotatable bonds is 6. The van der Waals surface area contributed by atoms with Crippen LogP contribution in [0.3, 0.4) is 0 Å². The highest BCUT2D eigenvalue weighted by atomic mass is 35.5. The van der Waals surface area contributed by atoms with Gasteiger partial charge in [0.15, 0.2) is 0 Å². The number of nitrogens with one attached hydrogen (secondary N) is 1. The van der Waals surface area contributed by atoms with Crippen molar-refractivity contribution in [1.82, 2.24) is 9.88 Å². The molecule has 31 heavy (non-hydrogen) atoms. The van der Waals surface area contributed by atoms with Gasteiger partial charge in [0.2, 0.25) is 5.91 Å². The molecule has 1 aromatic carbocycles. The number of aromatic hydroxyl groups is 1. The second-order valence-electron chi connectivity index (χ2n) is 8.98. The minimum atomic E-state index is -0.654. The second-order valence-corrected chi connectivity index (χ2v) is 9.38. The largest absolute Gasteiger partial charge is 0.508 e. The van der Waals surface area contributed by atoms with Crippen LogP contribution in [0.15, 0.2) is 24.4 Å². The number of likely N-dealkylation sites (tertiary alicyclic amines) is 1. The van der Waals surface area contributed by atoms with Gasteiger partial charge in [-0.15, -0.1) is 0 Å². The van der Waals surface area contributed by atoms with Gasteiger partial charge < -0.3 is 16.2 Å². The number of aromatic nitrogens is 1. The molecule has 1 saturated heterocycles. The van der Waals surface area contributed by atoms with Crippen LogP contribution in [-0.2, 0) is 23.2 Å². The number of hydrogen-bond donors (Lipinski definition) is 3. The van der Waals surface area contributed by atoms with Gasteiger partial charge in [-0.25, -0.2) is 0 Å². The van der Waals surface area contributed by atoms with Gasteiger partial charge in [0.1, 0.15) is 11.4 Å². The third-order valence-electron chi connectivity index (χ3n) is 5.40. The smallest absolute Gasteiger partial charge is 0.267 e. The lowest BCUT2D eigenvalue weighted by atomic mass is 9.84. The molecule has 2 amide bonds. The molecule has 7 nitrogen and oxygen atoms in total. The summed E-state index contributed by atoms with van der Waals surface area (Å²) in [5, 5.41) is 13.8. The number of phenolic OH excluding ortho intramolecular Hbond substituents is 1. The van der Waals surface area contributed by atoms with E-state index in [2.05, 4.69) is 15.2 Å². The van der Waals surface area contributed by atoms with E-state index in [0.29, 0.717) is 28.4 Å². The van der Waals surface area contributed by atoms with Crippen LogP contribution < -0.4 is 11.1 Å². The predicted molar refractivity (Wildman–Crippen MR) is 121 cm³/mol. The maximum absolute atomic E-state index is 12.8. The number of primary amides is 1. The van der Waals surface area contributed by atoms with Gasteiger partial charge >= 0.3 is 0 Å². The summed E-state index contributed by atoms with van der Waals surface area (Å²) in [4.78, 5) is 31.0. The number of benzene rings is 1.